The molecule has 1 aromatic rings. The number of nitrogen functional groups attached to an aromatic ring is 1. The number of hydrogen-bond donors (Lipinski definition) is 2. The summed E-state index contributed by atoms with van der Waals surface area (Å²) >= 11 is 0. The van der Waals surface area contributed by atoms with Crippen molar-refractivity contribution in [2.75, 3.05) is 25.9 Å². The molecule has 0 heterocycles. The Morgan fingerprint density at radius 3 is 2.50 bits per heavy atom. The van der Waals surface area contributed by atoms with Crippen LogP contribution in [0.25, 0.3) is 0 Å². The van der Waals surface area contributed by atoms with Gasteiger partial charge in [-0.05, 0) is 38.6 Å². The fraction of sp³-hybridized carbons (Fsp3) is 0.500. The molecular weight excluding hydrogens is 226 g/mol. The van der Waals surface area contributed by atoms with Gasteiger partial charge >= 0.3 is 0 Å². The van der Waals surface area contributed by atoms with Crippen LogP contribution < -0.4 is 11.1 Å². The molecule has 3 N–H and O–H groups in total. The summed E-state index contributed by atoms with van der Waals surface area (Å²) < 4.78 is 0. The van der Waals surface area contributed by atoms with E-state index in [1.54, 1.807) is 0 Å². The molecule has 4 nitrogen and oxygen atoms in total. The minimum atomic E-state index is 0.0527. The second-order valence-electron chi connectivity index (χ2n) is 4.84. The van der Waals surface area contributed by atoms with Gasteiger partial charge in [0.15, 0.2) is 0 Å². The predicted octanol–water partition coefficient (Wildman–Crippen LogP) is 1.27. The Morgan fingerprint density at radius 1 is 1.33 bits per heavy atom. The molecule has 18 heavy (non-hydrogen) atoms. The summed E-state index contributed by atoms with van der Waals surface area (Å²) in [6.07, 6.45) is 0.408. The monoisotopic (exact) mass is 249 g/mol. The summed E-state index contributed by atoms with van der Waals surface area (Å²) in [7, 11) is 2.05. The molecule has 1 rings (SSSR count). The molecule has 0 aliphatic carbocycles. The molecule has 1 aromatic carbocycles. The van der Waals surface area contributed by atoms with E-state index in [4.69, 9.17) is 5.73 Å². The van der Waals surface area contributed by atoms with Crippen LogP contribution in [0.5, 0.6) is 0 Å². The maximum atomic E-state index is 11.7. The molecule has 100 valence electrons. The van der Waals surface area contributed by atoms with E-state index in [0.717, 1.165) is 17.8 Å². The van der Waals surface area contributed by atoms with Crippen LogP contribution in [0.4, 0.5) is 5.69 Å². The lowest BCUT2D eigenvalue weighted by molar-refractivity contribution is -0.120. The van der Waals surface area contributed by atoms with Crippen LogP contribution in [0.1, 0.15) is 19.4 Å². The minimum Gasteiger partial charge on any atom is -0.399 e. The van der Waals surface area contributed by atoms with Gasteiger partial charge in [-0.25, -0.2) is 0 Å². The number of benzene rings is 1. The number of likely N-dealkylation sites (N-methyl/N-ethyl adjacent to an activating group) is 1. The highest BCUT2D eigenvalue weighted by atomic mass is 16.1. The molecule has 0 bridgehead atoms. The molecule has 0 saturated carbocycles. The number of carbonyl (C=O) groups excluding carboxylic acids is 1. The first-order valence-electron chi connectivity index (χ1n) is 6.30. The summed E-state index contributed by atoms with van der Waals surface area (Å²) in [6, 6.07) is 7.90. The van der Waals surface area contributed by atoms with E-state index < -0.39 is 0 Å². The van der Waals surface area contributed by atoms with Crippen molar-refractivity contribution in [2.24, 2.45) is 0 Å². The van der Waals surface area contributed by atoms with E-state index in [1.807, 2.05) is 24.3 Å². The smallest absolute Gasteiger partial charge is 0.224 e. The number of rotatable bonds is 6. The van der Waals surface area contributed by atoms with Crippen LogP contribution in [0, 0.1) is 0 Å². The van der Waals surface area contributed by atoms with Gasteiger partial charge in [0, 0.05) is 24.8 Å². The average molecular weight is 249 g/mol. The van der Waals surface area contributed by atoms with Gasteiger partial charge < -0.3 is 16.0 Å². The van der Waals surface area contributed by atoms with Gasteiger partial charge in [0.25, 0.3) is 0 Å². The van der Waals surface area contributed by atoms with Crippen molar-refractivity contribution in [3.05, 3.63) is 29.8 Å². The number of amides is 1. The summed E-state index contributed by atoms with van der Waals surface area (Å²) in [5.41, 5.74) is 7.30. The maximum absolute atomic E-state index is 11.7. The largest absolute Gasteiger partial charge is 0.399 e. The van der Waals surface area contributed by atoms with Crippen molar-refractivity contribution in [3.8, 4) is 0 Å². The SMILES string of the molecule is CC(C)N(C)CCNC(=O)Cc1ccc(N)cc1. The van der Waals surface area contributed by atoms with Crippen LogP contribution >= 0.6 is 0 Å². The third kappa shape index (κ3) is 5.19. The molecule has 0 saturated heterocycles. The Labute approximate surface area is 109 Å². The summed E-state index contributed by atoms with van der Waals surface area (Å²) in [5, 5.41) is 2.92. The van der Waals surface area contributed by atoms with Crippen LogP contribution in [-0.4, -0.2) is 37.0 Å². The highest BCUT2D eigenvalue weighted by Gasteiger charge is 2.05. The molecule has 0 spiro atoms. The second kappa shape index (κ2) is 7.01. The van der Waals surface area contributed by atoms with E-state index in [0.29, 0.717) is 19.0 Å². The molecule has 0 aliphatic heterocycles. The number of carbonyl (C=O) groups is 1. The molecule has 4 heteroatoms. The fourth-order valence-corrected chi connectivity index (χ4v) is 1.51. The predicted molar refractivity (Wildman–Crippen MR) is 75.3 cm³/mol. The van der Waals surface area contributed by atoms with E-state index >= 15 is 0 Å². The van der Waals surface area contributed by atoms with Crippen molar-refractivity contribution >= 4 is 11.6 Å². The van der Waals surface area contributed by atoms with Crippen LogP contribution in [0.2, 0.25) is 0 Å². The van der Waals surface area contributed by atoms with E-state index in [2.05, 4.69) is 31.1 Å². The van der Waals surface area contributed by atoms with Crippen LogP contribution in [0.15, 0.2) is 24.3 Å². The van der Waals surface area contributed by atoms with Crippen LogP contribution in [-0.2, 0) is 11.2 Å². The van der Waals surface area contributed by atoms with Crippen LogP contribution in [0.3, 0.4) is 0 Å². The van der Waals surface area contributed by atoms with Crippen molar-refractivity contribution in [1.29, 1.82) is 0 Å². The Hall–Kier alpha value is -1.55. The molecule has 1 amide bonds. The maximum Gasteiger partial charge on any atom is 0.224 e. The van der Waals surface area contributed by atoms with Crippen molar-refractivity contribution < 1.29 is 4.79 Å². The molecule has 0 unspecified atom stereocenters. The van der Waals surface area contributed by atoms with Gasteiger partial charge in [0.05, 0.1) is 6.42 Å². The van der Waals surface area contributed by atoms with Gasteiger partial charge in [0.1, 0.15) is 0 Å². The summed E-state index contributed by atoms with van der Waals surface area (Å²) in [5.74, 6) is 0.0527. The zero-order valence-corrected chi connectivity index (χ0v) is 11.4. The van der Waals surface area contributed by atoms with E-state index in [9.17, 15) is 4.79 Å². The first kappa shape index (κ1) is 14.5. The lowest BCUT2D eigenvalue weighted by atomic mass is 10.1. The van der Waals surface area contributed by atoms with Crippen molar-refractivity contribution in [1.82, 2.24) is 10.2 Å². The lowest BCUT2D eigenvalue weighted by Gasteiger charge is -2.20. The molecular formula is C14H23N3O. The zero-order chi connectivity index (χ0) is 13.5. The highest BCUT2D eigenvalue weighted by molar-refractivity contribution is 5.78. The summed E-state index contributed by atoms with van der Waals surface area (Å²) in [6.45, 7) is 5.82. The van der Waals surface area contributed by atoms with Gasteiger partial charge in [-0.3, -0.25) is 4.79 Å². The second-order valence-corrected chi connectivity index (χ2v) is 4.84. The summed E-state index contributed by atoms with van der Waals surface area (Å²) in [4.78, 5) is 13.9. The van der Waals surface area contributed by atoms with E-state index in [1.165, 1.54) is 0 Å². The minimum absolute atomic E-state index is 0.0527. The molecule has 0 aliphatic rings. The Balaban J connectivity index is 2.27. The zero-order valence-electron chi connectivity index (χ0n) is 11.4. The third-order valence-electron chi connectivity index (χ3n) is 3.01. The lowest BCUT2D eigenvalue weighted by Crippen LogP contribution is -2.36. The first-order chi connectivity index (χ1) is 8.49. The van der Waals surface area contributed by atoms with Crippen molar-refractivity contribution in [2.45, 2.75) is 26.3 Å². The van der Waals surface area contributed by atoms with Gasteiger partial charge in [-0.2, -0.15) is 0 Å². The van der Waals surface area contributed by atoms with Gasteiger partial charge in [0.2, 0.25) is 5.91 Å². The third-order valence-corrected chi connectivity index (χ3v) is 3.01. The number of nitrogens with one attached hydrogen (secondary N) is 1. The number of nitrogens with two attached hydrogens (primary N) is 1. The molecule has 0 atom stereocenters. The van der Waals surface area contributed by atoms with Gasteiger partial charge in [-0.15, -0.1) is 0 Å². The van der Waals surface area contributed by atoms with Crippen molar-refractivity contribution in [3.63, 3.8) is 0 Å². The molecule has 0 aromatic heterocycles. The number of hydrogen-bond acceptors (Lipinski definition) is 3. The standard InChI is InChI=1S/C14H23N3O/c1-11(2)17(3)9-8-16-14(18)10-12-4-6-13(15)7-5-12/h4-7,11H,8-10,15H2,1-3H3,(H,16,18). The number of nitrogens with zero attached hydrogens (tertiary/aromatic N) is 1. The quantitative estimate of drug-likeness (QED) is 0.746. The van der Waals surface area contributed by atoms with E-state index in [-0.39, 0.29) is 5.91 Å². The first-order valence-corrected chi connectivity index (χ1v) is 6.30. The Morgan fingerprint density at radius 2 is 1.94 bits per heavy atom. The normalized spacial score (nSPS) is 10.9. The Bertz CT molecular complexity index is 373. The van der Waals surface area contributed by atoms with Gasteiger partial charge in [-0.1, -0.05) is 12.1 Å². The number of anilines is 1. The molecule has 0 radical (unpaired) electrons. The Kier molecular flexibility index (Phi) is 5.65. The average Bonchev–Trinajstić information content (AvgIpc) is 2.32. The molecule has 0 fully saturated rings. The topological polar surface area (TPSA) is 58.4 Å². The fourth-order valence-electron chi connectivity index (χ4n) is 1.51. The highest BCUT2D eigenvalue weighted by Crippen LogP contribution is 2.05.